The van der Waals surface area contributed by atoms with Gasteiger partial charge in [0.1, 0.15) is 5.54 Å². The van der Waals surface area contributed by atoms with E-state index in [1.807, 2.05) is 0 Å². The second-order valence-electron chi connectivity index (χ2n) is 5.08. The van der Waals surface area contributed by atoms with E-state index in [1.54, 1.807) is 0 Å². The number of carbonyl (C=O) groups is 2. The summed E-state index contributed by atoms with van der Waals surface area (Å²) in [7, 11) is 0. The van der Waals surface area contributed by atoms with Crippen LogP contribution in [0.4, 0.5) is 4.79 Å². The van der Waals surface area contributed by atoms with Crippen LogP contribution in [0.2, 0.25) is 0 Å². The van der Waals surface area contributed by atoms with Gasteiger partial charge in [-0.1, -0.05) is 12.8 Å². The quantitative estimate of drug-likeness (QED) is 0.699. The Hall–Kier alpha value is -1.30. The number of hydrogen-bond acceptors (Lipinski definition) is 3. The summed E-state index contributed by atoms with van der Waals surface area (Å²) in [6.45, 7) is 1.30. The number of ether oxygens (including phenoxy) is 1. The average Bonchev–Trinajstić information content (AvgIpc) is 2.80. The molecule has 2 fully saturated rings. The van der Waals surface area contributed by atoms with E-state index >= 15 is 0 Å². The Morgan fingerprint density at radius 1 is 1.17 bits per heavy atom. The van der Waals surface area contributed by atoms with Crippen LogP contribution in [0.1, 0.15) is 38.5 Å². The number of nitrogens with one attached hydrogen (secondary N) is 2. The maximum Gasteiger partial charge on any atom is 0.329 e. The Balaban J connectivity index is 1.87. The molecule has 1 saturated carbocycles. The Bertz CT molecular complexity index is 320. The maximum absolute atomic E-state index is 11.9. The van der Waals surface area contributed by atoms with Crippen LogP contribution in [0.5, 0.6) is 0 Å². The molecule has 0 aromatic rings. The van der Waals surface area contributed by atoms with Gasteiger partial charge in [0.05, 0.1) is 0 Å². The summed E-state index contributed by atoms with van der Waals surface area (Å²) >= 11 is 0. The van der Waals surface area contributed by atoms with Crippen LogP contribution < -0.4 is 10.6 Å². The van der Waals surface area contributed by atoms with Crippen molar-refractivity contribution in [3.63, 3.8) is 0 Å². The highest BCUT2D eigenvalue weighted by Crippen LogP contribution is 2.29. The fourth-order valence-corrected chi connectivity index (χ4v) is 2.65. The lowest BCUT2D eigenvalue weighted by molar-refractivity contribution is -0.144. The van der Waals surface area contributed by atoms with E-state index in [0.29, 0.717) is 26.1 Å². The Labute approximate surface area is 106 Å². The highest BCUT2D eigenvalue weighted by atomic mass is 16.5. The predicted octanol–water partition coefficient (Wildman–Crippen LogP) is 0.862. The molecule has 3 N–H and O–H groups in total. The van der Waals surface area contributed by atoms with Gasteiger partial charge < -0.3 is 20.5 Å². The number of rotatable bonds is 3. The lowest BCUT2D eigenvalue weighted by Gasteiger charge is -2.28. The summed E-state index contributed by atoms with van der Waals surface area (Å²) in [4.78, 5) is 23.1. The molecule has 1 saturated heterocycles. The fourth-order valence-electron chi connectivity index (χ4n) is 2.65. The van der Waals surface area contributed by atoms with Crippen molar-refractivity contribution in [2.75, 3.05) is 13.2 Å². The van der Waals surface area contributed by atoms with Crippen molar-refractivity contribution in [3.05, 3.63) is 0 Å². The number of carboxylic acid groups (broad SMARTS) is 1. The van der Waals surface area contributed by atoms with Gasteiger partial charge in [0, 0.05) is 19.3 Å². The largest absolute Gasteiger partial charge is 0.480 e. The lowest BCUT2D eigenvalue weighted by atomic mass is 9.98. The molecule has 18 heavy (non-hydrogen) atoms. The first-order valence-electron chi connectivity index (χ1n) is 6.52. The van der Waals surface area contributed by atoms with E-state index in [0.717, 1.165) is 25.7 Å². The van der Waals surface area contributed by atoms with Gasteiger partial charge in [-0.3, -0.25) is 0 Å². The normalized spacial score (nSPS) is 23.6. The molecule has 1 aliphatic carbocycles. The molecule has 0 unspecified atom stereocenters. The minimum atomic E-state index is -1.06. The number of aliphatic carboxylic acids is 1. The van der Waals surface area contributed by atoms with Gasteiger partial charge in [-0.25, -0.2) is 9.59 Å². The van der Waals surface area contributed by atoms with E-state index < -0.39 is 11.5 Å². The van der Waals surface area contributed by atoms with Crippen molar-refractivity contribution >= 4 is 12.0 Å². The van der Waals surface area contributed by atoms with Crippen LogP contribution >= 0.6 is 0 Å². The summed E-state index contributed by atoms with van der Waals surface area (Å²) in [6.07, 6.45) is 4.31. The highest BCUT2D eigenvalue weighted by Gasteiger charge is 2.42. The van der Waals surface area contributed by atoms with Crippen LogP contribution in [0.15, 0.2) is 0 Å². The molecule has 2 aliphatic rings. The molecule has 102 valence electrons. The number of urea groups is 1. The van der Waals surface area contributed by atoms with E-state index in [9.17, 15) is 14.7 Å². The Morgan fingerprint density at radius 3 is 2.33 bits per heavy atom. The first kappa shape index (κ1) is 13.1. The Kier molecular flexibility index (Phi) is 4.06. The molecule has 6 nitrogen and oxygen atoms in total. The number of amides is 2. The standard InChI is InChI=1S/C12H20N2O4/c15-10(16)12(5-1-2-6-12)14-11(17)13-9-3-7-18-8-4-9/h9H,1-8H2,(H,15,16)(H2,13,14,17). The average molecular weight is 256 g/mol. The zero-order valence-electron chi connectivity index (χ0n) is 10.4. The molecule has 1 heterocycles. The molecule has 1 aliphatic heterocycles. The zero-order chi connectivity index (χ0) is 13.0. The molecule has 0 bridgehead atoms. The third-order valence-electron chi connectivity index (χ3n) is 3.78. The van der Waals surface area contributed by atoms with Crippen molar-refractivity contribution < 1.29 is 19.4 Å². The first-order chi connectivity index (χ1) is 8.62. The molecule has 0 aromatic heterocycles. The van der Waals surface area contributed by atoms with Gasteiger partial charge in [-0.15, -0.1) is 0 Å². The van der Waals surface area contributed by atoms with Crippen LogP contribution in [0.3, 0.4) is 0 Å². The minimum Gasteiger partial charge on any atom is -0.480 e. The van der Waals surface area contributed by atoms with E-state index in [2.05, 4.69) is 10.6 Å². The van der Waals surface area contributed by atoms with Gasteiger partial charge in [0.2, 0.25) is 0 Å². The second kappa shape index (κ2) is 5.56. The van der Waals surface area contributed by atoms with Crippen LogP contribution in [0, 0.1) is 0 Å². The topological polar surface area (TPSA) is 87.7 Å². The molecule has 0 atom stereocenters. The third-order valence-corrected chi connectivity index (χ3v) is 3.78. The molecule has 2 rings (SSSR count). The van der Waals surface area contributed by atoms with E-state index in [-0.39, 0.29) is 12.1 Å². The maximum atomic E-state index is 11.9. The van der Waals surface area contributed by atoms with Crippen molar-refractivity contribution in [3.8, 4) is 0 Å². The highest BCUT2D eigenvalue weighted by molar-refractivity contribution is 5.86. The monoisotopic (exact) mass is 256 g/mol. The molecule has 2 amide bonds. The SMILES string of the molecule is O=C(NC1CCOCC1)NC1(C(=O)O)CCCC1. The summed E-state index contributed by atoms with van der Waals surface area (Å²) in [6, 6.07) is -0.280. The van der Waals surface area contributed by atoms with Gasteiger partial charge in [-0.05, 0) is 25.7 Å². The van der Waals surface area contributed by atoms with Crippen molar-refractivity contribution in [1.29, 1.82) is 0 Å². The van der Waals surface area contributed by atoms with Crippen LogP contribution in [0.25, 0.3) is 0 Å². The zero-order valence-corrected chi connectivity index (χ0v) is 10.4. The number of carbonyl (C=O) groups excluding carboxylic acids is 1. The molecular weight excluding hydrogens is 236 g/mol. The first-order valence-corrected chi connectivity index (χ1v) is 6.52. The third kappa shape index (κ3) is 2.93. The van der Waals surface area contributed by atoms with Gasteiger partial charge in [0.25, 0.3) is 0 Å². The summed E-state index contributed by atoms with van der Waals surface area (Å²) in [5, 5.41) is 14.7. The molecule has 0 spiro atoms. The molecular formula is C12H20N2O4. The second-order valence-corrected chi connectivity index (χ2v) is 5.08. The predicted molar refractivity (Wildman–Crippen MR) is 64.3 cm³/mol. The lowest BCUT2D eigenvalue weighted by Crippen LogP contribution is -2.57. The molecule has 6 heteroatoms. The molecule has 0 radical (unpaired) electrons. The van der Waals surface area contributed by atoms with Crippen molar-refractivity contribution in [1.82, 2.24) is 10.6 Å². The smallest absolute Gasteiger partial charge is 0.329 e. The van der Waals surface area contributed by atoms with Gasteiger partial charge >= 0.3 is 12.0 Å². The molecule has 0 aromatic carbocycles. The number of hydrogen-bond donors (Lipinski definition) is 3. The van der Waals surface area contributed by atoms with Crippen LogP contribution in [-0.2, 0) is 9.53 Å². The summed E-state index contributed by atoms with van der Waals surface area (Å²) in [5.74, 6) is -0.929. The Morgan fingerprint density at radius 2 is 1.78 bits per heavy atom. The summed E-state index contributed by atoms with van der Waals surface area (Å²) < 4.78 is 5.21. The fraction of sp³-hybridized carbons (Fsp3) is 0.833. The van der Waals surface area contributed by atoms with Crippen LogP contribution in [-0.4, -0.2) is 41.9 Å². The van der Waals surface area contributed by atoms with E-state index in [1.165, 1.54) is 0 Å². The van der Waals surface area contributed by atoms with Crippen molar-refractivity contribution in [2.45, 2.75) is 50.1 Å². The van der Waals surface area contributed by atoms with E-state index in [4.69, 9.17) is 4.74 Å². The minimum absolute atomic E-state index is 0.0889. The van der Waals surface area contributed by atoms with Gasteiger partial charge in [0.15, 0.2) is 0 Å². The number of carboxylic acids is 1. The van der Waals surface area contributed by atoms with Crippen molar-refractivity contribution in [2.24, 2.45) is 0 Å². The summed E-state index contributed by atoms with van der Waals surface area (Å²) in [5.41, 5.74) is -1.06. The van der Waals surface area contributed by atoms with Gasteiger partial charge in [-0.2, -0.15) is 0 Å².